The molecule has 0 aliphatic heterocycles. The first-order valence-electron chi connectivity index (χ1n) is 11.5. The SMILES string of the molecule is CC1CCCC1.COc1cccc(OC)c1-n1c(C)nnc1-c1ccc(C)o1.Fc1cncnc1.[HH]. The number of methoxy groups -OCH3 is 2. The molecule has 1 aliphatic rings. The number of furan rings is 1. The Kier molecular flexibility index (Phi) is 9.34. The highest BCUT2D eigenvalue weighted by Crippen LogP contribution is 2.36. The number of aromatic nitrogens is 5. The van der Waals surface area contributed by atoms with Crippen LogP contribution >= 0.6 is 0 Å². The van der Waals surface area contributed by atoms with Gasteiger partial charge in [-0.05, 0) is 44.0 Å². The predicted molar refractivity (Wildman–Crippen MR) is 133 cm³/mol. The zero-order valence-corrected chi connectivity index (χ0v) is 20.9. The van der Waals surface area contributed by atoms with Crippen molar-refractivity contribution < 1.29 is 19.7 Å². The summed E-state index contributed by atoms with van der Waals surface area (Å²) in [4.78, 5) is 6.80. The molecule has 0 saturated heterocycles. The Morgan fingerprint density at radius 2 is 1.60 bits per heavy atom. The average molecular weight is 484 g/mol. The van der Waals surface area contributed by atoms with Crippen molar-refractivity contribution in [2.75, 3.05) is 14.2 Å². The number of halogens is 1. The van der Waals surface area contributed by atoms with E-state index < -0.39 is 5.82 Å². The van der Waals surface area contributed by atoms with E-state index in [2.05, 4.69) is 27.1 Å². The number of nitrogens with zero attached hydrogens (tertiary/aromatic N) is 5. The first-order valence-corrected chi connectivity index (χ1v) is 11.5. The second kappa shape index (κ2) is 12.6. The monoisotopic (exact) mass is 483 g/mol. The van der Waals surface area contributed by atoms with Gasteiger partial charge in [-0.3, -0.25) is 4.57 Å². The van der Waals surface area contributed by atoms with Crippen LogP contribution in [0, 0.1) is 25.6 Å². The van der Waals surface area contributed by atoms with Crippen molar-refractivity contribution in [3.63, 3.8) is 0 Å². The molecule has 8 nitrogen and oxygen atoms in total. The zero-order valence-electron chi connectivity index (χ0n) is 20.9. The van der Waals surface area contributed by atoms with E-state index in [1.807, 2.05) is 48.7 Å². The predicted octanol–water partition coefficient (Wildman–Crippen LogP) is 6.22. The van der Waals surface area contributed by atoms with Gasteiger partial charge in [0.2, 0.25) is 5.82 Å². The van der Waals surface area contributed by atoms with E-state index in [1.54, 1.807) is 14.2 Å². The Balaban J connectivity index is 0.000000266. The van der Waals surface area contributed by atoms with Crippen LogP contribution in [0.3, 0.4) is 0 Å². The summed E-state index contributed by atoms with van der Waals surface area (Å²) in [5, 5.41) is 8.41. The minimum atomic E-state index is -0.400. The van der Waals surface area contributed by atoms with Crippen LogP contribution in [-0.2, 0) is 0 Å². The number of aryl methyl sites for hydroxylation is 2. The van der Waals surface area contributed by atoms with Gasteiger partial charge < -0.3 is 13.9 Å². The molecule has 1 saturated carbocycles. The van der Waals surface area contributed by atoms with Crippen LogP contribution in [0.15, 0.2) is 53.5 Å². The summed E-state index contributed by atoms with van der Waals surface area (Å²) in [5.74, 6) is 4.77. The molecule has 3 heterocycles. The third-order valence-corrected chi connectivity index (χ3v) is 5.58. The summed E-state index contributed by atoms with van der Waals surface area (Å²) in [6, 6.07) is 9.38. The third-order valence-electron chi connectivity index (χ3n) is 5.58. The smallest absolute Gasteiger partial charge is 0.204 e. The molecule has 0 atom stereocenters. The van der Waals surface area contributed by atoms with Gasteiger partial charge in [0, 0.05) is 1.43 Å². The van der Waals surface area contributed by atoms with Gasteiger partial charge in [-0.2, -0.15) is 0 Å². The van der Waals surface area contributed by atoms with Gasteiger partial charge in [0.15, 0.2) is 11.6 Å². The highest BCUT2D eigenvalue weighted by Gasteiger charge is 2.21. The van der Waals surface area contributed by atoms with Crippen molar-refractivity contribution in [3.8, 4) is 28.8 Å². The van der Waals surface area contributed by atoms with Crippen LogP contribution in [0.4, 0.5) is 4.39 Å². The molecular formula is C26H34FN5O3. The summed E-state index contributed by atoms with van der Waals surface area (Å²) in [6.07, 6.45) is 9.44. The number of hydrogen-bond donors (Lipinski definition) is 0. The van der Waals surface area contributed by atoms with Crippen LogP contribution in [0.5, 0.6) is 11.5 Å². The Hall–Kier alpha value is -3.75. The molecule has 1 aromatic carbocycles. The van der Waals surface area contributed by atoms with Crippen molar-refractivity contribution in [2.24, 2.45) is 5.92 Å². The van der Waals surface area contributed by atoms with Crippen LogP contribution in [0.2, 0.25) is 0 Å². The molecule has 3 aromatic heterocycles. The lowest BCUT2D eigenvalue weighted by Gasteiger charge is -2.15. The normalized spacial score (nSPS) is 12.9. The second-order valence-corrected chi connectivity index (χ2v) is 8.27. The van der Waals surface area contributed by atoms with Crippen LogP contribution in [0.25, 0.3) is 17.3 Å². The van der Waals surface area contributed by atoms with E-state index in [0.29, 0.717) is 28.9 Å². The highest BCUT2D eigenvalue weighted by molar-refractivity contribution is 5.63. The minimum absolute atomic E-state index is 0. The van der Waals surface area contributed by atoms with Gasteiger partial charge in [0.05, 0.1) is 26.6 Å². The summed E-state index contributed by atoms with van der Waals surface area (Å²) in [6.45, 7) is 6.10. The number of hydrogen-bond acceptors (Lipinski definition) is 7. The standard InChI is InChI=1S/C16H17N3O3.C6H12.C4H3FN2.H2/c1-10-8-9-14(22-10)16-18-17-11(2)19(16)15-12(20-3)6-5-7-13(15)21-4;1-6-4-2-3-5-6;5-4-1-6-3-7-2-4;/h5-9H,1-4H3;6H,2-5H2,1H3;1-3H;1H. The molecular weight excluding hydrogens is 449 g/mol. The van der Waals surface area contributed by atoms with Gasteiger partial charge in [-0.15, -0.1) is 10.2 Å². The largest absolute Gasteiger partial charge is 0.494 e. The molecule has 4 aromatic rings. The number of benzene rings is 1. The first kappa shape index (κ1) is 25.9. The van der Waals surface area contributed by atoms with Crippen LogP contribution in [0.1, 0.15) is 45.6 Å². The van der Waals surface area contributed by atoms with Gasteiger partial charge in [-0.1, -0.05) is 38.7 Å². The van der Waals surface area contributed by atoms with E-state index >= 15 is 0 Å². The van der Waals surface area contributed by atoms with Gasteiger partial charge in [0.1, 0.15) is 35.1 Å². The quantitative estimate of drug-likeness (QED) is 0.340. The number of para-hydroxylation sites is 1. The molecule has 0 unspecified atom stereocenters. The molecule has 0 amide bonds. The molecule has 1 aliphatic carbocycles. The molecule has 0 radical (unpaired) electrons. The Labute approximate surface area is 206 Å². The molecule has 35 heavy (non-hydrogen) atoms. The van der Waals surface area contributed by atoms with Gasteiger partial charge >= 0.3 is 0 Å². The summed E-state index contributed by atoms with van der Waals surface area (Å²) < 4.78 is 30.3. The highest BCUT2D eigenvalue weighted by atomic mass is 19.1. The van der Waals surface area contributed by atoms with Gasteiger partial charge in [0.25, 0.3) is 0 Å². The summed E-state index contributed by atoms with van der Waals surface area (Å²) in [5.41, 5.74) is 0.749. The van der Waals surface area contributed by atoms with Crippen molar-refractivity contribution in [1.82, 2.24) is 24.7 Å². The fourth-order valence-electron chi connectivity index (χ4n) is 3.81. The van der Waals surface area contributed by atoms with Crippen LogP contribution in [-0.4, -0.2) is 39.0 Å². The topological polar surface area (TPSA) is 88.1 Å². The summed E-state index contributed by atoms with van der Waals surface area (Å²) >= 11 is 0. The maximum absolute atomic E-state index is 11.8. The molecule has 1 fully saturated rings. The van der Waals surface area contributed by atoms with Crippen molar-refractivity contribution in [2.45, 2.75) is 46.5 Å². The van der Waals surface area contributed by atoms with E-state index in [9.17, 15) is 4.39 Å². The minimum Gasteiger partial charge on any atom is -0.494 e. The molecule has 0 bridgehead atoms. The van der Waals surface area contributed by atoms with E-state index in [-0.39, 0.29) is 1.43 Å². The third kappa shape index (κ3) is 6.88. The Bertz CT molecular complexity index is 1170. The van der Waals surface area contributed by atoms with Gasteiger partial charge in [-0.25, -0.2) is 14.4 Å². The first-order chi connectivity index (χ1) is 16.9. The Morgan fingerprint density at radius 1 is 0.971 bits per heavy atom. The average Bonchev–Trinajstić information content (AvgIpc) is 3.61. The fraction of sp³-hybridized carbons (Fsp3) is 0.385. The summed E-state index contributed by atoms with van der Waals surface area (Å²) in [7, 11) is 3.24. The Morgan fingerprint density at radius 3 is 2.03 bits per heavy atom. The molecule has 5 rings (SSSR count). The lowest BCUT2D eigenvalue weighted by atomic mass is 10.2. The second-order valence-electron chi connectivity index (χ2n) is 8.27. The van der Waals surface area contributed by atoms with Crippen LogP contribution < -0.4 is 9.47 Å². The maximum atomic E-state index is 11.8. The number of rotatable bonds is 4. The molecule has 188 valence electrons. The van der Waals surface area contributed by atoms with E-state index in [1.165, 1.54) is 32.0 Å². The molecule has 0 spiro atoms. The van der Waals surface area contributed by atoms with E-state index in [4.69, 9.17) is 13.9 Å². The number of ether oxygens (including phenoxy) is 2. The zero-order chi connectivity index (χ0) is 25.2. The van der Waals surface area contributed by atoms with Crippen molar-refractivity contribution in [3.05, 3.63) is 66.5 Å². The lowest BCUT2D eigenvalue weighted by molar-refractivity contribution is 0.390. The molecule has 9 heteroatoms. The fourth-order valence-corrected chi connectivity index (χ4v) is 3.81. The van der Waals surface area contributed by atoms with Crippen molar-refractivity contribution in [1.29, 1.82) is 0 Å². The maximum Gasteiger partial charge on any atom is 0.204 e. The lowest BCUT2D eigenvalue weighted by Crippen LogP contribution is -2.04. The van der Waals surface area contributed by atoms with E-state index in [0.717, 1.165) is 29.8 Å². The molecule has 0 N–H and O–H groups in total. The van der Waals surface area contributed by atoms with Crippen molar-refractivity contribution >= 4 is 0 Å².